The lowest BCUT2D eigenvalue weighted by Crippen LogP contribution is -2.28. The third kappa shape index (κ3) is 3.66. The molecule has 1 amide bonds. The first-order valence-corrected chi connectivity index (χ1v) is 5.66. The number of nitrogens with one attached hydrogen (secondary N) is 1. The minimum atomic E-state index is -0.963. The molecule has 0 saturated carbocycles. The summed E-state index contributed by atoms with van der Waals surface area (Å²) in [5.74, 6) is -2.54. The van der Waals surface area contributed by atoms with Gasteiger partial charge in [0.15, 0.2) is 0 Å². The SMILES string of the molecule is CCC(O)CCNC(=O)c1cc(N)c(F)cc1F. The van der Waals surface area contributed by atoms with Gasteiger partial charge >= 0.3 is 0 Å². The highest BCUT2D eigenvalue weighted by Crippen LogP contribution is 2.16. The van der Waals surface area contributed by atoms with Gasteiger partial charge in [-0.3, -0.25) is 4.79 Å². The summed E-state index contributed by atoms with van der Waals surface area (Å²) in [5.41, 5.74) is 4.68. The van der Waals surface area contributed by atoms with Gasteiger partial charge in [-0.05, 0) is 18.9 Å². The monoisotopic (exact) mass is 258 g/mol. The molecule has 0 aliphatic carbocycles. The molecule has 1 aromatic carbocycles. The smallest absolute Gasteiger partial charge is 0.254 e. The number of hydrogen-bond acceptors (Lipinski definition) is 3. The van der Waals surface area contributed by atoms with Crippen LogP contribution in [0, 0.1) is 11.6 Å². The van der Waals surface area contributed by atoms with Crippen LogP contribution in [0.25, 0.3) is 0 Å². The highest BCUT2D eigenvalue weighted by Gasteiger charge is 2.14. The minimum Gasteiger partial charge on any atom is -0.396 e. The third-order valence-corrected chi connectivity index (χ3v) is 2.57. The highest BCUT2D eigenvalue weighted by atomic mass is 19.1. The number of aliphatic hydroxyl groups is 1. The van der Waals surface area contributed by atoms with Crippen molar-refractivity contribution >= 4 is 11.6 Å². The Bertz CT molecular complexity index is 438. The van der Waals surface area contributed by atoms with E-state index in [-0.39, 0.29) is 17.8 Å². The molecule has 0 heterocycles. The maximum absolute atomic E-state index is 13.3. The molecule has 0 aliphatic heterocycles. The molecular formula is C12H16F2N2O2. The Morgan fingerprint density at radius 2 is 2.11 bits per heavy atom. The molecule has 1 atom stereocenters. The summed E-state index contributed by atoms with van der Waals surface area (Å²) in [5, 5.41) is 11.7. The summed E-state index contributed by atoms with van der Waals surface area (Å²) in [6, 6.07) is 1.53. The normalized spacial score (nSPS) is 12.2. The average Bonchev–Trinajstić information content (AvgIpc) is 2.33. The Hall–Kier alpha value is -1.69. The fourth-order valence-electron chi connectivity index (χ4n) is 1.39. The van der Waals surface area contributed by atoms with Crippen molar-refractivity contribution in [2.24, 2.45) is 0 Å². The van der Waals surface area contributed by atoms with Gasteiger partial charge in [0, 0.05) is 12.6 Å². The fourth-order valence-corrected chi connectivity index (χ4v) is 1.39. The number of halogens is 2. The highest BCUT2D eigenvalue weighted by molar-refractivity contribution is 5.95. The predicted molar refractivity (Wildman–Crippen MR) is 64.0 cm³/mol. The van der Waals surface area contributed by atoms with E-state index in [1.54, 1.807) is 0 Å². The molecule has 0 aliphatic rings. The van der Waals surface area contributed by atoms with Gasteiger partial charge in [0.1, 0.15) is 11.6 Å². The lowest BCUT2D eigenvalue weighted by atomic mass is 10.1. The Morgan fingerprint density at radius 1 is 1.44 bits per heavy atom. The Balaban J connectivity index is 2.64. The van der Waals surface area contributed by atoms with Crippen LogP contribution in [0.4, 0.5) is 14.5 Å². The summed E-state index contributed by atoms with van der Waals surface area (Å²) >= 11 is 0. The fraction of sp³-hybridized carbons (Fsp3) is 0.417. The summed E-state index contributed by atoms with van der Waals surface area (Å²) in [6.45, 7) is 2.03. The second kappa shape index (κ2) is 6.30. The molecule has 0 radical (unpaired) electrons. The Morgan fingerprint density at radius 3 is 2.72 bits per heavy atom. The maximum Gasteiger partial charge on any atom is 0.254 e. The Labute approximate surface area is 104 Å². The molecule has 0 fully saturated rings. The van der Waals surface area contributed by atoms with Crippen molar-refractivity contribution in [2.75, 3.05) is 12.3 Å². The van der Waals surface area contributed by atoms with Gasteiger partial charge in [-0.1, -0.05) is 6.92 Å². The maximum atomic E-state index is 13.3. The van der Waals surface area contributed by atoms with Crippen LogP contribution in [-0.2, 0) is 0 Å². The summed E-state index contributed by atoms with van der Waals surface area (Å²) < 4.78 is 26.2. The molecule has 1 rings (SSSR count). The number of rotatable bonds is 5. The van der Waals surface area contributed by atoms with E-state index < -0.39 is 23.6 Å². The van der Waals surface area contributed by atoms with Gasteiger partial charge in [-0.15, -0.1) is 0 Å². The molecule has 4 nitrogen and oxygen atoms in total. The molecule has 0 bridgehead atoms. The van der Waals surface area contributed by atoms with E-state index in [0.29, 0.717) is 18.9 Å². The third-order valence-electron chi connectivity index (χ3n) is 2.57. The first-order chi connectivity index (χ1) is 8.45. The molecule has 18 heavy (non-hydrogen) atoms. The lowest BCUT2D eigenvalue weighted by Gasteiger charge is -2.10. The van der Waals surface area contributed by atoms with Crippen LogP contribution in [0.15, 0.2) is 12.1 Å². The van der Waals surface area contributed by atoms with Crippen molar-refractivity contribution in [3.63, 3.8) is 0 Å². The van der Waals surface area contributed by atoms with Crippen LogP contribution >= 0.6 is 0 Å². The van der Waals surface area contributed by atoms with E-state index in [9.17, 15) is 18.7 Å². The van der Waals surface area contributed by atoms with Crippen molar-refractivity contribution in [3.05, 3.63) is 29.3 Å². The van der Waals surface area contributed by atoms with E-state index in [1.807, 2.05) is 6.92 Å². The second-order valence-corrected chi connectivity index (χ2v) is 3.96. The van der Waals surface area contributed by atoms with Crippen LogP contribution in [0.5, 0.6) is 0 Å². The number of benzene rings is 1. The van der Waals surface area contributed by atoms with Crippen LogP contribution in [0.2, 0.25) is 0 Å². The number of hydrogen-bond donors (Lipinski definition) is 3. The average molecular weight is 258 g/mol. The van der Waals surface area contributed by atoms with E-state index in [2.05, 4.69) is 5.32 Å². The topological polar surface area (TPSA) is 75.3 Å². The standard InChI is InChI=1S/C12H16F2N2O2/c1-2-7(17)3-4-16-12(18)8-5-11(15)10(14)6-9(8)13/h5-7,17H,2-4,15H2,1H3,(H,16,18). The summed E-state index contributed by atoms with van der Waals surface area (Å²) in [7, 11) is 0. The lowest BCUT2D eigenvalue weighted by molar-refractivity contribution is 0.0938. The van der Waals surface area contributed by atoms with Crippen LogP contribution in [0.3, 0.4) is 0 Å². The first-order valence-electron chi connectivity index (χ1n) is 5.66. The first kappa shape index (κ1) is 14.4. The molecule has 0 spiro atoms. The van der Waals surface area contributed by atoms with Crippen molar-refractivity contribution in [1.29, 1.82) is 0 Å². The number of amides is 1. The molecule has 1 aromatic rings. The molecule has 1 unspecified atom stereocenters. The van der Waals surface area contributed by atoms with Gasteiger partial charge in [-0.2, -0.15) is 0 Å². The molecule has 6 heteroatoms. The molecule has 4 N–H and O–H groups in total. The number of carbonyl (C=O) groups excluding carboxylic acids is 1. The molecular weight excluding hydrogens is 242 g/mol. The molecule has 0 aromatic heterocycles. The van der Waals surface area contributed by atoms with Crippen LogP contribution < -0.4 is 11.1 Å². The van der Waals surface area contributed by atoms with Crippen molar-refractivity contribution in [1.82, 2.24) is 5.32 Å². The molecule has 100 valence electrons. The Kier molecular flexibility index (Phi) is 5.03. The van der Waals surface area contributed by atoms with E-state index >= 15 is 0 Å². The predicted octanol–water partition coefficient (Wildman–Crippen LogP) is 1.44. The van der Waals surface area contributed by atoms with Crippen molar-refractivity contribution in [2.45, 2.75) is 25.9 Å². The van der Waals surface area contributed by atoms with E-state index in [4.69, 9.17) is 5.73 Å². The number of nitrogen functional groups attached to an aromatic ring is 1. The van der Waals surface area contributed by atoms with Gasteiger partial charge in [0.05, 0.1) is 17.4 Å². The zero-order chi connectivity index (χ0) is 13.7. The largest absolute Gasteiger partial charge is 0.396 e. The van der Waals surface area contributed by atoms with Crippen molar-refractivity contribution < 1.29 is 18.7 Å². The van der Waals surface area contributed by atoms with Crippen LogP contribution in [-0.4, -0.2) is 23.7 Å². The number of carbonyl (C=O) groups is 1. The van der Waals surface area contributed by atoms with Gasteiger partial charge in [0.2, 0.25) is 0 Å². The van der Waals surface area contributed by atoms with Gasteiger partial charge in [-0.25, -0.2) is 8.78 Å². The zero-order valence-electron chi connectivity index (χ0n) is 10.0. The quantitative estimate of drug-likeness (QED) is 0.699. The van der Waals surface area contributed by atoms with Crippen LogP contribution in [0.1, 0.15) is 30.1 Å². The number of aliphatic hydroxyl groups excluding tert-OH is 1. The van der Waals surface area contributed by atoms with Gasteiger partial charge < -0.3 is 16.2 Å². The van der Waals surface area contributed by atoms with Gasteiger partial charge in [0.25, 0.3) is 5.91 Å². The zero-order valence-corrected chi connectivity index (χ0v) is 10.0. The van der Waals surface area contributed by atoms with Crippen molar-refractivity contribution in [3.8, 4) is 0 Å². The summed E-state index contributed by atoms with van der Waals surface area (Å²) in [4.78, 5) is 11.6. The van der Waals surface area contributed by atoms with E-state index in [1.165, 1.54) is 0 Å². The number of anilines is 1. The molecule has 0 saturated heterocycles. The summed E-state index contributed by atoms with van der Waals surface area (Å²) in [6.07, 6.45) is 0.447. The van der Waals surface area contributed by atoms with E-state index in [0.717, 1.165) is 6.07 Å². The minimum absolute atomic E-state index is 0.213. The second-order valence-electron chi connectivity index (χ2n) is 3.96. The number of nitrogens with two attached hydrogens (primary N) is 1.